The highest BCUT2D eigenvalue weighted by atomic mass is 32.2. The largest absolute Gasteiger partial charge is 0.379 e. The fraction of sp³-hybridized carbons (Fsp3) is 0.522. The molecule has 1 amide bonds. The summed E-state index contributed by atoms with van der Waals surface area (Å²) in [5.41, 5.74) is 1.42. The van der Waals surface area contributed by atoms with Crippen molar-refractivity contribution in [1.82, 2.24) is 19.4 Å². The number of hydrogen-bond donors (Lipinski definition) is 1. The van der Waals surface area contributed by atoms with Crippen LogP contribution in [0.5, 0.6) is 0 Å². The summed E-state index contributed by atoms with van der Waals surface area (Å²) in [7, 11) is -3.52. The van der Waals surface area contributed by atoms with Crippen LogP contribution in [0.25, 0.3) is 10.4 Å². The van der Waals surface area contributed by atoms with Crippen LogP contribution in [-0.2, 0) is 14.8 Å². The van der Waals surface area contributed by atoms with Crippen LogP contribution in [0.15, 0.2) is 40.6 Å². The highest BCUT2D eigenvalue weighted by Gasteiger charge is 2.28. The smallest absolute Gasteiger partial charge is 0.252 e. The molecule has 33 heavy (non-hydrogen) atoms. The number of likely N-dealkylation sites (N-methyl/N-ethyl adjacent to an activating group) is 1. The number of hydrogen-bond acceptors (Lipinski definition) is 7. The molecule has 180 valence electrons. The van der Waals surface area contributed by atoms with Crippen LogP contribution < -0.4 is 5.32 Å². The van der Waals surface area contributed by atoms with Gasteiger partial charge in [0.2, 0.25) is 0 Å². The number of carbonyl (C=O) groups is 1. The Labute approximate surface area is 200 Å². The van der Waals surface area contributed by atoms with Gasteiger partial charge in [-0.15, -0.1) is 11.3 Å². The van der Waals surface area contributed by atoms with Crippen molar-refractivity contribution in [2.24, 2.45) is 0 Å². The molecule has 2 aliphatic rings. The highest BCUT2D eigenvalue weighted by Crippen LogP contribution is 2.33. The summed E-state index contributed by atoms with van der Waals surface area (Å²) < 4.78 is 32.9. The maximum Gasteiger partial charge on any atom is 0.252 e. The number of ether oxygens (including phenoxy) is 1. The lowest BCUT2D eigenvalue weighted by Crippen LogP contribution is -2.48. The van der Waals surface area contributed by atoms with E-state index in [-0.39, 0.29) is 5.91 Å². The summed E-state index contributed by atoms with van der Waals surface area (Å²) >= 11 is 1.23. The molecule has 1 aromatic heterocycles. The normalized spacial score (nSPS) is 18.9. The molecule has 0 atom stereocenters. The van der Waals surface area contributed by atoms with Crippen molar-refractivity contribution in [2.45, 2.75) is 11.1 Å². The first-order valence-corrected chi connectivity index (χ1v) is 13.7. The van der Waals surface area contributed by atoms with Crippen LogP contribution in [0.4, 0.5) is 0 Å². The summed E-state index contributed by atoms with van der Waals surface area (Å²) in [6.07, 6.45) is 0. The number of sulfonamides is 1. The maximum absolute atomic E-state index is 12.9. The van der Waals surface area contributed by atoms with Crippen LogP contribution in [0.1, 0.15) is 17.3 Å². The third kappa shape index (κ3) is 6.00. The molecule has 0 bridgehead atoms. The average molecular weight is 493 g/mol. The first-order valence-electron chi connectivity index (χ1n) is 11.5. The Morgan fingerprint density at radius 1 is 1.03 bits per heavy atom. The zero-order valence-electron chi connectivity index (χ0n) is 19.0. The van der Waals surface area contributed by atoms with E-state index in [1.54, 1.807) is 12.1 Å². The van der Waals surface area contributed by atoms with E-state index in [4.69, 9.17) is 4.74 Å². The molecule has 0 saturated carbocycles. The van der Waals surface area contributed by atoms with Crippen molar-refractivity contribution in [3.8, 4) is 10.4 Å². The number of piperazine rings is 1. The quantitative estimate of drug-likeness (QED) is 0.605. The van der Waals surface area contributed by atoms with Crippen molar-refractivity contribution in [3.05, 3.63) is 42.0 Å². The molecule has 2 aromatic rings. The molecule has 1 N–H and O–H groups in total. The first-order chi connectivity index (χ1) is 16.0. The van der Waals surface area contributed by atoms with E-state index in [0.29, 0.717) is 42.6 Å². The number of nitrogens with one attached hydrogen (secondary N) is 1. The molecule has 2 fully saturated rings. The highest BCUT2D eigenvalue weighted by molar-refractivity contribution is 7.91. The van der Waals surface area contributed by atoms with E-state index in [1.807, 2.05) is 24.3 Å². The van der Waals surface area contributed by atoms with E-state index in [2.05, 4.69) is 22.0 Å². The Balaban J connectivity index is 1.35. The summed E-state index contributed by atoms with van der Waals surface area (Å²) in [5, 5.41) is 3.02. The van der Waals surface area contributed by atoms with Gasteiger partial charge in [-0.1, -0.05) is 19.1 Å². The van der Waals surface area contributed by atoms with Crippen LogP contribution >= 0.6 is 11.3 Å². The van der Waals surface area contributed by atoms with Gasteiger partial charge >= 0.3 is 0 Å². The molecule has 10 heteroatoms. The Morgan fingerprint density at radius 2 is 1.76 bits per heavy atom. The number of nitrogens with zero attached hydrogens (tertiary/aromatic N) is 3. The predicted octanol–water partition coefficient (Wildman–Crippen LogP) is 1.80. The second kappa shape index (κ2) is 11.1. The number of thiophene rings is 1. The van der Waals surface area contributed by atoms with Gasteiger partial charge in [0.25, 0.3) is 15.9 Å². The number of morpholine rings is 1. The van der Waals surface area contributed by atoms with Gasteiger partial charge in [-0.05, 0) is 36.4 Å². The molecular formula is C23H32N4O4S2. The van der Waals surface area contributed by atoms with Crippen molar-refractivity contribution < 1.29 is 17.9 Å². The number of amides is 1. The van der Waals surface area contributed by atoms with Crippen LogP contribution in [0, 0.1) is 0 Å². The van der Waals surface area contributed by atoms with Gasteiger partial charge in [0.05, 0.1) is 13.2 Å². The maximum atomic E-state index is 12.9. The van der Waals surface area contributed by atoms with Crippen LogP contribution in [-0.4, -0.2) is 101 Å². The van der Waals surface area contributed by atoms with Gasteiger partial charge in [-0.3, -0.25) is 9.69 Å². The van der Waals surface area contributed by atoms with Gasteiger partial charge in [0.15, 0.2) is 0 Å². The minimum atomic E-state index is -3.52. The van der Waals surface area contributed by atoms with Gasteiger partial charge in [-0.2, -0.15) is 4.31 Å². The zero-order valence-corrected chi connectivity index (χ0v) is 20.7. The van der Waals surface area contributed by atoms with E-state index in [0.717, 1.165) is 49.7 Å². The Hall–Kier alpha value is -1.82. The molecule has 0 spiro atoms. The molecule has 0 radical (unpaired) electrons. The Morgan fingerprint density at radius 3 is 2.48 bits per heavy atom. The summed E-state index contributed by atoms with van der Waals surface area (Å²) in [4.78, 5) is 18.3. The molecule has 3 heterocycles. The predicted molar refractivity (Wildman–Crippen MR) is 130 cm³/mol. The first kappa shape index (κ1) is 24.3. The van der Waals surface area contributed by atoms with E-state index in [1.165, 1.54) is 15.6 Å². The molecular weight excluding hydrogens is 460 g/mol. The SMILES string of the molecule is CCN1CCN(CCNC(=O)c2cccc(-c3ccc(S(=O)(=O)N4CCOCC4)s3)c2)CC1. The van der Waals surface area contributed by atoms with Gasteiger partial charge in [0.1, 0.15) is 4.21 Å². The number of carbonyl (C=O) groups excluding carboxylic acids is 1. The van der Waals surface area contributed by atoms with Gasteiger partial charge in [0, 0.05) is 62.8 Å². The van der Waals surface area contributed by atoms with Crippen molar-refractivity contribution in [1.29, 1.82) is 0 Å². The lowest BCUT2D eigenvalue weighted by molar-refractivity contribution is 0.0731. The molecule has 2 saturated heterocycles. The molecule has 0 unspecified atom stereocenters. The number of benzene rings is 1. The molecule has 1 aromatic carbocycles. The van der Waals surface area contributed by atoms with Crippen LogP contribution in [0.3, 0.4) is 0 Å². The fourth-order valence-electron chi connectivity index (χ4n) is 4.10. The third-order valence-electron chi connectivity index (χ3n) is 6.18. The Kier molecular flexibility index (Phi) is 8.15. The fourth-order valence-corrected chi connectivity index (χ4v) is 6.97. The average Bonchev–Trinajstić information content (AvgIpc) is 3.36. The van der Waals surface area contributed by atoms with Crippen molar-refractivity contribution in [3.63, 3.8) is 0 Å². The van der Waals surface area contributed by atoms with Gasteiger partial charge < -0.3 is 15.0 Å². The standard InChI is InChI=1S/C23H32N4O4S2/c1-2-25-10-12-26(13-11-25)9-8-24-23(28)20-5-3-4-19(18-20)21-6-7-22(32-21)33(29,30)27-14-16-31-17-15-27/h3-7,18H,2,8-17H2,1H3,(H,24,28). The summed E-state index contributed by atoms with van der Waals surface area (Å²) in [6.45, 7) is 10.5. The minimum Gasteiger partial charge on any atom is -0.379 e. The molecule has 0 aliphatic carbocycles. The summed E-state index contributed by atoms with van der Waals surface area (Å²) in [5.74, 6) is -0.109. The lowest BCUT2D eigenvalue weighted by Gasteiger charge is -2.33. The second-order valence-corrected chi connectivity index (χ2v) is 11.5. The third-order valence-corrected chi connectivity index (χ3v) is 9.68. The van der Waals surface area contributed by atoms with Crippen molar-refractivity contribution >= 4 is 27.3 Å². The Bertz CT molecular complexity index is 1040. The second-order valence-electron chi connectivity index (χ2n) is 8.25. The van der Waals surface area contributed by atoms with E-state index >= 15 is 0 Å². The van der Waals surface area contributed by atoms with E-state index < -0.39 is 10.0 Å². The number of rotatable bonds is 8. The minimum absolute atomic E-state index is 0.109. The molecule has 8 nitrogen and oxygen atoms in total. The monoisotopic (exact) mass is 492 g/mol. The summed E-state index contributed by atoms with van der Waals surface area (Å²) in [6, 6.07) is 10.8. The molecule has 4 rings (SSSR count). The molecule has 2 aliphatic heterocycles. The topological polar surface area (TPSA) is 82.2 Å². The van der Waals surface area contributed by atoms with Crippen molar-refractivity contribution in [2.75, 3.05) is 72.1 Å². The van der Waals surface area contributed by atoms with Gasteiger partial charge in [-0.25, -0.2) is 8.42 Å². The lowest BCUT2D eigenvalue weighted by atomic mass is 10.1. The van der Waals surface area contributed by atoms with E-state index in [9.17, 15) is 13.2 Å². The zero-order chi connectivity index (χ0) is 23.3. The van der Waals surface area contributed by atoms with Crippen LogP contribution in [0.2, 0.25) is 0 Å².